The second-order valence-corrected chi connectivity index (χ2v) is 10.3. The lowest BCUT2D eigenvalue weighted by molar-refractivity contribution is 0.0207. The molecule has 2 atom stereocenters. The topological polar surface area (TPSA) is 168 Å². The van der Waals surface area contributed by atoms with E-state index < -0.39 is 17.6 Å². The smallest absolute Gasteiger partial charge is 0.410 e. The molecule has 38 heavy (non-hydrogen) atoms. The van der Waals surface area contributed by atoms with E-state index in [1.165, 1.54) is 6.20 Å². The fraction of sp³-hybridized carbons (Fsp3) is 0.500. The standard InChI is InChI=1S/C24H28N10O4/c1-24(2,3)38-23(36)34-13-16(10-17(34)14-33-8-5-27-31-33)28-20(35)22-30-29-21(37-22)18-9-15(11-25)12-26-19(18)32-6-4-7-32/h5,8-9,12,16-17H,4,6-7,10,13-14H2,1-3H3,(H,28,35)/t16?,17-/m1/s1. The molecule has 5 heterocycles. The Hall–Kier alpha value is -4.54. The van der Waals surface area contributed by atoms with Crippen molar-refractivity contribution in [3.05, 3.63) is 36.1 Å². The van der Waals surface area contributed by atoms with Crippen molar-refractivity contribution < 1.29 is 18.7 Å². The summed E-state index contributed by atoms with van der Waals surface area (Å²) in [7, 11) is 0. The quantitative estimate of drug-likeness (QED) is 0.501. The molecule has 14 heteroatoms. The van der Waals surface area contributed by atoms with Gasteiger partial charge in [-0.2, -0.15) is 5.26 Å². The van der Waals surface area contributed by atoms with Crippen molar-refractivity contribution in [3.8, 4) is 17.5 Å². The van der Waals surface area contributed by atoms with E-state index in [0.717, 1.165) is 19.5 Å². The van der Waals surface area contributed by atoms with E-state index >= 15 is 0 Å². The number of carbonyl (C=O) groups excluding carboxylic acids is 2. The summed E-state index contributed by atoms with van der Waals surface area (Å²) in [4.78, 5) is 34.0. The van der Waals surface area contributed by atoms with Gasteiger partial charge in [0.25, 0.3) is 5.89 Å². The molecule has 3 aromatic heterocycles. The fourth-order valence-electron chi connectivity index (χ4n) is 4.41. The van der Waals surface area contributed by atoms with Crippen molar-refractivity contribution in [1.29, 1.82) is 5.26 Å². The molecule has 2 aliphatic rings. The monoisotopic (exact) mass is 520 g/mol. The summed E-state index contributed by atoms with van der Waals surface area (Å²) in [6.07, 6.45) is 5.81. The second kappa shape index (κ2) is 10.1. The van der Waals surface area contributed by atoms with Crippen LogP contribution in [-0.4, -0.2) is 84.4 Å². The van der Waals surface area contributed by atoms with Gasteiger partial charge in [0.15, 0.2) is 0 Å². The first-order chi connectivity index (χ1) is 18.2. The first-order valence-electron chi connectivity index (χ1n) is 12.3. The van der Waals surface area contributed by atoms with Gasteiger partial charge in [-0.1, -0.05) is 5.21 Å². The zero-order valence-corrected chi connectivity index (χ0v) is 21.4. The Morgan fingerprint density at radius 2 is 2.11 bits per heavy atom. The highest BCUT2D eigenvalue weighted by Gasteiger charge is 2.39. The number of nitrogens with zero attached hydrogens (tertiary/aromatic N) is 9. The molecule has 0 bridgehead atoms. The number of anilines is 1. The molecular formula is C24H28N10O4. The van der Waals surface area contributed by atoms with Crippen molar-refractivity contribution in [2.45, 2.75) is 57.8 Å². The lowest BCUT2D eigenvalue weighted by Gasteiger charge is -2.32. The number of carbonyl (C=O) groups is 2. The Morgan fingerprint density at radius 3 is 2.76 bits per heavy atom. The third kappa shape index (κ3) is 5.41. The Bertz CT molecular complexity index is 1350. The van der Waals surface area contributed by atoms with Crippen LogP contribution < -0.4 is 10.2 Å². The maximum atomic E-state index is 13.0. The van der Waals surface area contributed by atoms with Crippen molar-refractivity contribution in [2.24, 2.45) is 0 Å². The molecular weight excluding hydrogens is 492 g/mol. The van der Waals surface area contributed by atoms with Crippen LogP contribution in [0.4, 0.5) is 10.6 Å². The van der Waals surface area contributed by atoms with E-state index in [-0.39, 0.29) is 30.4 Å². The summed E-state index contributed by atoms with van der Waals surface area (Å²) in [6, 6.07) is 3.04. The molecule has 1 N–H and O–H groups in total. The predicted octanol–water partition coefficient (Wildman–Crippen LogP) is 1.61. The van der Waals surface area contributed by atoms with Crippen molar-refractivity contribution in [2.75, 3.05) is 24.5 Å². The molecule has 0 aromatic carbocycles. The zero-order chi connectivity index (χ0) is 26.9. The van der Waals surface area contributed by atoms with Crippen LogP contribution >= 0.6 is 0 Å². The molecule has 2 fully saturated rings. The molecule has 2 aliphatic heterocycles. The minimum absolute atomic E-state index is 0.104. The van der Waals surface area contributed by atoms with Crippen LogP contribution in [0.2, 0.25) is 0 Å². The van der Waals surface area contributed by atoms with Gasteiger partial charge in [0, 0.05) is 38.1 Å². The maximum Gasteiger partial charge on any atom is 0.410 e. The molecule has 2 amide bonds. The highest BCUT2D eigenvalue weighted by atomic mass is 16.6. The normalized spacial score (nSPS) is 19.1. The molecule has 0 aliphatic carbocycles. The molecule has 3 aromatic rings. The van der Waals surface area contributed by atoms with Gasteiger partial charge in [-0.25, -0.2) is 9.78 Å². The van der Waals surface area contributed by atoms with Crippen LogP contribution in [-0.2, 0) is 11.3 Å². The average molecular weight is 521 g/mol. The van der Waals surface area contributed by atoms with E-state index in [4.69, 9.17) is 9.15 Å². The van der Waals surface area contributed by atoms with Gasteiger partial charge in [-0.3, -0.25) is 9.48 Å². The summed E-state index contributed by atoms with van der Waals surface area (Å²) in [6.45, 7) is 7.71. The van der Waals surface area contributed by atoms with Crippen LogP contribution in [0, 0.1) is 11.3 Å². The Morgan fingerprint density at radius 1 is 1.29 bits per heavy atom. The second-order valence-electron chi connectivity index (χ2n) is 10.3. The first-order valence-corrected chi connectivity index (χ1v) is 12.3. The predicted molar refractivity (Wildman–Crippen MR) is 132 cm³/mol. The van der Waals surface area contributed by atoms with E-state index in [2.05, 4.69) is 36.9 Å². The number of ether oxygens (including phenoxy) is 1. The van der Waals surface area contributed by atoms with Crippen LogP contribution in [0.1, 0.15) is 49.9 Å². The summed E-state index contributed by atoms with van der Waals surface area (Å²) >= 11 is 0. The zero-order valence-electron chi connectivity index (χ0n) is 21.4. The van der Waals surface area contributed by atoms with Crippen LogP contribution in [0.5, 0.6) is 0 Å². The highest BCUT2D eigenvalue weighted by Crippen LogP contribution is 2.31. The molecule has 0 spiro atoms. The van der Waals surface area contributed by atoms with Crippen molar-refractivity contribution in [1.82, 2.24) is 40.4 Å². The third-order valence-corrected chi connectivity index (χ3v) is 6.25. The minimum atomic E-state index is -0.664. The number of hydrogen-bond donors (Lipinski definition) is 1. The largest absolute Gasteiger partial charge is 0.444 e. The maximum absolute atomic E-state index is 13.0. The number of nitrogens with one attached hydrogen (secondary N) is 1. The molecule has 2 saturated heterocycles. The third-order valence-electron chi connectivity index (χ3n) is 6.25. The highest BCUT2D eigenvalue weighted by molar-refractivity contribution is 5.90. The van der Waals surface area contributed by atoms with Gasteiger partial charge in [0.2, 0.25) is 0 Å². The molecule has 5 rings (SSSR count). The number of aromatic nitrogens is 6. The minimum Gasteiger partial charge on any atom is -0.444 e. The summed E-state index contributed by atoms with van der Waals surface area (Å²) in [5, 5.41) is 28.0. The van der Waals surface area contributed by atoms with Gasteiger partial charge in [0.1, 0.15) is 17.5 Å². The van der Waals surface area contributed by atoms with E-state index in [1.807, 2.05) is 4.90 Å². The lowest BCUT2D eigenvalue weighted by Crippen LogP contribution is -2.43. The summed E-state index contributed by atoms with van der Waals surface area (Å²) in [5.41, 5.74) is 0.184. The summed E-state index contributed by atoms with van der Waals surface area (Å²) in [5.74, 6) is -0.0484. The van der Waals surface area contributed by atoms with Gasteiger partial charge in [0.05, 0.1) is 29.9 Å². The first kappa shape index (κ1) is 25.1. The Balaban J connectivity index is 1.31. The van der Waals surface area contributed by atoms with E-state index in [9.17, 15) is 14.9 Å². The average Bonchev–Trinajstić information content (AvgIpc) is 3.59. The number of likely N-dealkylation sites (tertiary alicyclic amines) is 1. The van der Waals surface area contributed by atoms with Crippen LogP contribution in [0.3, 0.4) is 0 Å². The van der Waals surface area contributed by atoms with Gasteiger partial charge >= 0.3 is 17.9 Å². The molecule has 1 unspecified atom stereocenters. The van der Waals surface area contributed by atoms with Crippen LogP contribution in [0.15, 0.2) is 29.1 Å². The number of rotatable bonds is 6. The number of pyridine rings is 1. The van der Waals surface area contributed by atoms with E-state index in [0.29, 0.717) is 29.9 Å². The molecule has 0 radical (unpaired) electrons. The van der Waals surface area contributed by atoms with E-state index in [1.54, 1.807) is 48.8 Å². The van der Waals surface area contributed by atoms with Gasteiger partial charge in [-0.05, 0) is 39.7 Å². The molecule has 198 valence electrons. The number of nitriles is 1. The van der Waals surface area contributed by atoms with Crippen LogP contribution in [0.25, 0.3) is 11.5 Å². The number of hydrogen-bond acceptors (Lipinski definition) is 11. The lowest BCUT2D eigenvalue weighted by atomic mass is 10.1. The van der Waals surface area contributed by atoms with Crippen molar-refractivity contribution >= 4 is 17.8 Å². The Kier molecular flexibility index (Phi) is 6.66. The summed E-state index contributed by atoms with van der Waals surface area (Å²) < 4.78 is 12.9. The Labute approximate surface area is 218 Å². The number of amides is 2. The van der Waals surface area contributed by atoms with Crippen molar-refractivity contribution in [3.63, 3.8) is 0 Å². The SMILES string of the molecule is CC(C)(C)OC(=O)N1CC(NC(=O)c2nnc(-c3cc(C#N)cnc3N3CCC3)o2)C[C@@H]1Cn1ccnn1. The molecule has 0 saturated carbocycles. The van der Waals surface area contributed by atoms with Gasteiger partial charge < -0.3 is 24.3 Å². The fourth-order valence-corrected chi connectivity index (χ4v) is 4.41. The van der Waals surface area contributed by atoms with Gasteiger partial charge in [-0.15, -0.1) is 15.3 Å². The molecule has 14 nitrogen and oxygen atoms in total.